The fraction of sp³-hybridized carbons (Fsp3) is 0.316. The lowest BCUT2D eigenvalue weighted by molar-refractivity contribution is 0.00578. The molecule has 0 amide bonds. The zero-order chi connectivity index (χ0) is 17.5. The summed E-state index contributed by atoms with van der Waals surface area (Å²) in [6.07, 6.45) is 0. The minimum absolute atomic E-state index is 0.0509. The van der Waals surface area contributed by atoms with Gasteiger partial charge in [0, 0.05) is 21.6 Å². The van der Waals surface area contributed by atoms with Crippen LogP contribution in [0.15, 0.2) is 48.5 Å². The minimum Gasteiger partial charge on any atom is -0.399 e. The highest BCUT2D eigenvalue weighted by molar-refractivity contribution is 6.65. The zero-order valence-corrected chi connectivity index (χ0v) is 15.1. The van der Waals surface area contributed by atoms with E-state index >= 15 is 0 Å². The Morgan fingerprint density at radius 3 is 2.08 bits per heavy atom. The van der Waals surface area contributed by atoms with Crippen molar-refractivity contribution < 1.29 is 14.1 Å². The first kappa shape index (κ1) is 17.2. The van der Waals surface area contributed by atoms with Crippen LogP contribution >= 0.6 is 11.6 Å². The van der Waals surface area contributed by atoms with Gasteiger partial charge >= 0.3 is 7.12 Å². The van der Waals surface area contributed by atoms with Crippen molar-refractivity contribution in [3.63, 3.8) is 0 Å². The molecule has 1 fully saturated rings. The summed E-state index contributed by atoms with van der Waals surface area (Å²) in [5.41, 5.74) is 0.966. The van der Waals surface area contributed by atoms with E-state index in [0.717, 1.165) is 0 Å². The number of ketones is 1. The Hall–Kier alpha value is -1.62. The van der Waals surface area contributed by atoms with Gasteiger partial charge in [0.15, 0.2) is 5.78 Å². The summed E-state index contributed by atoms with van der Waals surface area (Å²) >= 11 is 6.34. The number of hydrogen-bond donors (Lipinski definition) is 0. The summed E-state index contributed by atoms with van der Waals surface area (Å²) in [7, 11) is -0.592. The van der Waals surface area contributed by atoms with E-state index in [2.05, 4.69) is 0 Å². The lowest BCUT2D eigenvalue weighted by Crippen LogP contribution is -2.41. The second kappa shape index (κ2) is 6.03. The lowest BCUT2D eigenvalue weighted by atomic mass is 9.78. The molecule has 3 nitrogen and oxygen atoms in total. The molecule has 1 aliphatic rings. The van der Waals surface area contributed by atoms with Crippen molar-refractivity contribution >= 4 is 30.0 Å². The maximum Gasteiger partial charge on any atom is 0.496 e. The molecule has 0 saturated carbocycles. The zero-order valence-electron chi connectivity index (χ0n) is 14.3. The predicted octanol–water partition coefficient (Wildman–Crippen LogP) is 3.87. The van der Waals surface area contributed by atoms with Crippen molar-refractivity contribution in [2.24, 2.45) is 0 Å². The molecule has 0 unspecified atom stereocenters. The van der Waals surface area contributed by atoms with Crippen molar-refractivity contribution in [1.82, 2.24) is 0 Å². The maximum absolute atomic E-state index is 12.7. The van der Waals surface area contributed by atoms with Gasteiger partial charge in [-0.3, -0.25) is 4.79 Å². The molecule has 1 aliphatic heterocycles. The van der Waals surface area contributed by atoms with Crippen LogP contribution in [-0.4, -0.2) is 24.1 Å². The third kappa shape index (κ3) is 3.02. The van der Waals surface area contributed by atoms with Crippen molar-refractivity contribution in [3.05, 3.63) is 64.7 Å². The highest BCUT2D eigenvalue weighted by atomic mass is 35.5. The Kier molecular flexibility index (Phi) is 4.33. The molecule has 0 spiro atoms. The summed E-state index contributed by atoms with van der Waals surface area (Å²) in [5, 5.41) is 0.526. The van der Waals surface area contributed by atoms with E-state index in [-0.39, 0.29) is 5.78 Å². The van der Waals surface area contributed by atoms with Crippen molar-refractivity contribution in [1.29, 1.82) is 0 Å². The third-order valence-electron chi connectivity index (χ3n) is 4.80. The monoisotopic (exact) mass is 342 g/mol. The molecule has 124 valence electrons. The molecule has 2 aromatic carbocycles. The van der Waals surface area contributed by atoms with Gasteiger partial charge < -0.3 is 9.31 Å². The van der Waals surface area contributed by atoms with Crippen LogP contribution in [0.2, 0.25) is 5.02 Å². The van der Waals surface area contributed by atoms with Gasteiger partial charge in [-0.15, -0.1) is 0 Å². The number of halogens is 1. The fourth-order valence-corrected chi connectivity index (χ4v) is 2.80. The topological polar surface area (TPSA) is 35.5 Å². The van der Waals surface area contributed by atoms with Gasteiger partial charge in [0.05, 0.1) is 11.2 Å². The molecule has 1 saturated heterocycles. The molecule has 0 radical (unpaired) electrons. The summed E-state index contributed by atoms with van der Waals surface area (Å²) in [4.78, 5) is 12.7. The molecule has 0 bridgehead atoms. The second-order valence-electron chi connectivity index (χ2n) is 7.02. The van der Waals surface area contributed by atoms with Crippen LogP contribution in [0.5, 0.6) is 0 Å². The minimum atomic E-state index is -0.592. The molecule has 1 heterocycles. The van der Waals surface area contributed by atoms with Gasteiger partial charge in [0.2, 0.25) is 0 Å². The Bertz CT molecular complexity index is 755. The molecule has 0 aliphatic carbocycles. The largest absolute Gasteiger partial charge is 0.496 e. The average molecular weight is 343 g/mol. The number of carbonyl (C=O) groups excluding carboxylic acids is 1. The van der Waals surface area contributed by atoms with Crippen LogP contribution in [0, 0.1) is 0 Å². The standard InChI is InChI=1S/C19H20BClO3/c1-18(2)19(3,4)24-20(23-18)15-12-14(10-11-16(15)21)17(22)13-8-6-5-7-9-13/h5-12H,1-4H3. The van der Waals surface area contributed by atoms with Crippen LogP contribution in [0.25, 0.3) is 0 Å². The van der Waals surface area contributed by atoms with Crippen LogP contribution in [-0.2, 0) is 9.31 Å². The molecular weight excluding hydrogens is 322 g/mol. The summed E-state index contributed by atoms with van der Waals surface area (Å²) < 4.78 is 12.1. The first-order valence-corrected chi connectivity index (χ1v) is 8.34. The summed E-state index contributed by atoms with van der Waals surface area (Å²) in [6, 6.07) is 14.4. The smallest absolute Gasteiger partial charge is 0.399 e. The average Bonchev–Trinajstić information content (AvgIpc) is 2.76. The number of benzene rings is 2. The quantitative estimate of drug-likeness (QED) is 0.627. The Balaban J connectivity index is 1.95. The van der Waals surface area contributed by atoms with Gasteiger partial charge in [-0.2, -0.15) is 0 Å². The first-order valence-electron chi connectivity index (χ1n) is 7.96. The fourth-order valence-electron chi connectivity index (χ4n) is 2.59. The van der Waals surface area contributed by atoms with Gasteiger partial charge in [0.1, 0.15) is 0 Å². The van der Waals surface area contributed by atoms with E-state index < -0.39 is 18.3 Å². The molecular formula is C19H20BClO3. The van der Waals surface area contributed by atoms with Gasteiger partial charge in [-0.25, -0.2) is 0 Å². The van der Waals surface area contributed by atoms with E-state index in [9.17, 15) is 4.79 Å². The van der Waals surface area contributed by atoms with Crippen LogP contribution < -0.4 is 5.46 Å². The molecule has 3 rings (SSSR count). The number of rotatable bonds is 3. The molecule has 0 atom stereocenters. The molecule has 2 aromatic rings. The Morgan fingerprint density at radius 2 is 1.50 bits per heavy atom. The highest BCUT2D eigenvalue weighted by Gasteiger charge is 2.52. The Morgan fingerprint density at radius 1 is 0.917 bits per heavy atom. The molecule has 5 heteroatoms. The number of carbonyl (C=O) groups is 1. The van der Waals surface area contributed by atoms with Crippen LogP contribution in [0.4, 0.5) is 0 Å². The van der Waals surface area contributed by atoms with Gasteiger partial charge in [0.25, 0.3) is 0 Å². The predicted molar refractivity (Wildman–Crippen MR) is 97.0 cm³/mol. The Labute approximate surface area is 148 Å². The van der Waals surface area contributed by atoms with Gasteiger partial charge in [-0.1, -0.05) is 41.9 Å². The summed E-state index contributed by atoms with van der Waals surface area (Å²) in [5.74, 6) is -0.0509. The second-order valence-corrected chi connectivity index (χ2v) is 7.43. The normalized spacial score (nSPS) is 18.6. The van der Waals surface area contributed by atoms with E-state index in [1.807, 2.05) is 45.9 Å². The van der Waals surface area contributed by atoms with Gasteiger partial charge in [-0.05, 0) is 45.9 Å². The highest BCUT2D eigenvalue weighted by Crippen LogP contribution is 2.37. The molecule has 0 aromatic heterocycles. The van der Waals surface area contributed by atoms with Crippen molar-refractivity contribution in [3.8, 4) is 0 Å². The number of hydrogen-bond acceptors (Lipinski definition) is 3. The molecule has 0 N–H and O–H groups in total. The van der Waals surface area contributed by atoms with Crippen molar-refractivity contribution in [2.75, 3.05) is 0 Å². The van der Waals surface area contributed by atoms with E-state index in [1.165, 1.54) is 0 Å². The SMILES string of the molecule is CC1(C)OB(c2cc(C(=O)c3ccccc3)ccc2Cl)OC1(C)C. The maximum atomic E-state index is 12.7. The van der Waals surface area contributed by atoms with E-state index in [1.54, 1.807) is 30.3 Å². The van der Waals surface area contributed by atoms with Crippen molar-refractivity contribution in [2.45, 2.75) is 38.9 Å². The first-order chi connectivity index (χ1) is 11.2. The van der Waals surface area contributed by atoms with E-state index in [0.29, 0.717) is 21.6 Å². The van der Waals surface area contributed by atoms with Crippen LogP contribution in [0.1, 0.15) is 43.6 Å². The van der Waals surface area contributed by atoms with E-state index in [4.69, 9.17) is 20.9 Å². The third-order valence-corrected chi connectivity index (χ3v) is 5.15. The lowest BCUT2D eigenvalue weighted by Gasteiger charge is -2.32. The van der Waals surface area contributed by atoms with Crippen LogP contribution in [0.3, 0.4) is 0 Å². The molecule has 24 heavy (non-hydrogen) atoms. The summed E-state index contributed by atoms with van der Waals surface area (Å²) in [6.45, 7) is 7.94.